The van der Waals surface area contributed by atoms with Crippen molar-refractivity contribution in [2.24, 2.45) is 0 Å². The second kappa shape index (κ2) is 9.91. The maximum Gasteiger partial charge on any atom is 0.263 e. The molecule has 0 atom stereocenters. The number of sulfonamides is 1. The van der Waals surface area contributed by atoms with Gasteiger partial charge in [-0.1, -0.05) is 37.0 Å². The van der Waals surface area contributed by atoms with Crippen LogP contribution in [0.3, 0.4) is 0 Å². The smallest absolute Gasteiger partial charge is 0.263 e. The molecule has 174 valence electrons. The summed E-state index contributed by atoms with van der Waals surface area (Å²) in [5.74, 6) is -0.331. The molecule has 2 aliphatic rings. The molecule has 0 unspecified atom stereocenters. The van der Waals surface area contributed by atoms with Crippen molar-refractivity contribution in [2.75, 3.05) is 37.6 Å². The SMILES string of the molecule is Cc1ccc(NS(=O)(=O)c2ccsc2C(=O)NCC2(N3CCOCC3)CCCCC2)cc1. The van der Waals surface area contributed by atoms with E-state index in [1.54, 1.807) is 17.5 Å². The van der Waals surface area contributed by atoms with Gasteiger partial charge in [-0.3, -0.25) is 14.4 Å². The first-order chi connectivity index (χ1) is 15.4. The second-order valence-electron chi connectivity index (χ2n) is 8.65. The van der Waals surface area contributed by atoms with E-state index >= 15 is 0 Å². The summed E-state index contributed by atoms with van der Waals surface area (Å²) in [6, 6.07) is 8.61. The third-order valence-corrected chi connectivity index (χ3v) is 8.94. The van der Waals surface area contributed by atoms with Crippen LogP contribution >= 0.6 is 11.3 Å². The highest BCUT2D eigenvalue weighted by Gasteiger charge is 2.39. The third-order valence-electron chi connectivity index (χ3n) is 6.47. The predicted octanol–water partition coefficient (Wildman–Crippen LogP) is 3.62. The van der Waals surface area contributed by atoms with Gasteiger partial charge < -0.3 is 10.1 Å². The summed E-state index contributed by atoms with van der Waals surface area (Å²) in [5, 5.41) is 4.72. The van der Waals surface area contributed by atoms with Gasteiger partial charge in [0.2, 0.25) is 0 Å². The zero-order valence-electron chi connectivity index (χ0n) is 18.4. The topological polar surface area (TPSA) is 87.7 Å². The van der Waals surface area contributed by atoms with Crippen molar-refractivity contribution in [3.05, 3.63) is 46.2 Å². The fourth-order valence-corrected chi connectivity index (χ4v) is 7.09. The van der Waals surface area contributed by atoms with Gasteiger partial charge in [-0.25, -0.2) is 8.42 Å². The number of ether oxygens (including phenoxy) is 1. The number of nitrogens with zero attached hydrogens (tertiary/aromatic N) is 1. The first-order valence-corrected chi connectivity index (χ1v) is 13.5. The number of hydrogen-bond donors (Lipinski definition) is 2. The summed E-state index contributed by atoms with van der Waals surface area (Å²) < 4.78 is 34.1. The minimum absolute atomic E-state index is 0.0182. The van der Waals surface area contributed by atoms with Gasteiger partial charge in [0.1, 0.15) is 9.77 Å². The van der Waals surface area contributed by atoms with E-state index in [1.807, 2.05) is 19.1 Å². The van der Waals surface area contributed by atoms with Gasteiger partial charge in [0, 0.05) is 30.9 Å². The van der Waals surface area contributed by atoms with Crippen LogP contribution in [-0.4, -0.2) is 57.6 Å². The fourth-order valence-electron chi connectivity index (χ4n) is 4.68. The molecule has 1 aromatic heterocycles. The Morgan fingerprint density at radius 1 is 1.09 bits per heavy atom. The molecule has 0 bridgehead atoms. The summed E-state index contributed by atoms with van der Waals surface area (Å²) in [6.45, 7) is 5.63. The predicted molar refractivity (Wildman–Crippen MR) is 127 cm³/mol. The second-order valence-corrected chi connectivity index (χ2v) is 11.2. The van der Waals surface area contributed by atoms with Crippen molar-refractivity contribution in [3.8, 4) is 0 Å². The van der Waals surface area contributed by atoms with Gasteiger partial charge in [0.05, 0.1) is 13.2 Å². The highest BCUT2D eigenvalue weighted by molar-refractivity contribution is 7.93. The van der Waals surface area contributed by atoms with E-state index in [4.69, 9.17) is 4.74 Å². The van der Waals surface area contributed by atoms with E-state index < -0.39 is 10.0 Å². The van der Waals surface area contributed by atoms with E-state index in [9.17, 15) is 13.2 Å². The first-order valence-electron chi connectivity index (χ1n) is 11.2. The molecule has 1 aromatic carbocycles. The molecule has 2 heterocycles. The fraction of sp³-hybridized carbons (Fsp3) is 0.522. The molecule has 1 saturated carbocycles. The molecule has 2 fully saturated rings. The quantitative estimate of drug-likeness (QED) is 0.636. The molecule has 2 aromatic rings. The first kappa shape index (κ1) is 23.2. The van der Waals surface area contributed by atoms with Gasteiger partial charge >= 0.3 is 0 Å². The van der Waals surface area contributed by atoms with Crippen molar-refractivity contribution in [3.63, 3.8) is 0 Å². The molecule has 0 spiro atoms. The summed E-state index contributed by atoms with van der Waals surface area (Å²) >= 11 is 1.15. The Balaban J connectivity index is 1.48. The van der Waals surface area contributed by atoms with Crippen molar-refractivity contribution >= 4 is 33.0 Å². The molecular formula is C23H31N3O4S2. The highest BCUT2D eigenvalue weighted by atomic mass is 32.2. The molecule has 1 aliphatic heterocycles. The molecule has 7 nitrogen and oxygen atoms in total. The molecule has 9 heteroatoms. The van der Waals surface area contributed by atoms with E-state index in [2.05, 4.69) is 14.9 Å². The molecule has 32 heavy (non-hydrogen) atoms. The number of hydrogen-bond acceptors (Lipinski definition) is 6. The number of carbonyl (C=O) groups is 1. The minimum atomic E-state index is -3.86. The minimum Gasteiger partial charge on any atom is -0.379 e. The van der Waals surface area contributed by atoms with Gasteiger partial charge in [-0.15, -0.1) is 11.3 Å². The number of carbonyl (C=O) groups excluding carboxylic acids is 1. The number of anilines is 1. The number of thiophene rings is 1. The van der Waals surface area contributed by atoms with E-state index in [-0.39, 0.29) is 21.2 Å². The van der Waals surface area contributed by atoms with Crippen LogP contribution in [0.15, 0.2) is 40.6 Å². The molecule has 0 radical (unpaired) electrons. The lowest BCUT2D eigenvalue weighted by Gasteiger charge is -2.48. The number of benzene rings is 1. The Labute approximate surface area is 194 Å². The van der Waals surface area contributed by atoms with Crippen LogP contribution < -0.4 is 10.0 Å². The van der Waals surface area contributed by atoms with Gasteiger partial charge in [0.15, 0.2) is 0 Å². The van der Waals surface area contributed by atoms with Gasteiger partial charge in [-0.2, -0.15) is 0 Å². The lowest BCUT2D eigenvalue weighted by Crippen LogP contribution is -2.59. The molecule has 1 amide bonds. The molecular weight excluding hydrogens is 446 g/mol. The van der Waals surface area contributed by atoms with Crippen molar-refractivity contribution in [2.45, 2.75) is 49.5 Å². The number of morpholine rings is 1. The molecule has 4 rings (SSSR count). The zero-order chi connectivity index (χ0) is 22.6. The van der Waals surface area contributed by atoms with Crippen LogP contribution in [0.5, 0.6) is 0 Å². The number of amides is 1. The summed E-state index contributed by atoms with van der Waals surface area (Å²) in [4.78, 5) is 15.8. The van der Waals surface area contributed by atoms with Gasteiger partial charge in [-0.05, 0) is 43.3 Å². The van der Waals surface area contributed by atoms with Crippen molar-refractivity contribution in [1.82, 2.24) is 10.2 Å². The number of nitrogens with one attached hydrogen (secondary N) is 2. The maximum atomic E-state index is 13.1. The van der Waals surface area contributed by atoms with Crippen molar-refractivity contribution in [1.29, 1.82) is 0 Å². The Morgan fingerprint density at radius 2 is 1.78 bits per heavy atom. The Morgan fingerprint density at radius 3 is 2.47 bits per heavy atom. The number of aryl methyl sites for hydroxylation is 1. The van der Waals surface area contributed by atoms with Crippen molar-refractivity contribution < 1.29 is 17.9 Å². The average molecular weight is 478 g/mol. The Kier molecular flexibility index (Phi) is 7.19. The van der Waals surface area contributed by atoms with Crippen LogP contribution in [0, 0.1) is 6.92 Å². The molecule has 1 aliphatic carbocycles. The summed E-state index contributed by atoms with van der Waals surface area (Å²) in [6.07, 6.45) is 5.59. The monoisotopic (exact) mass is 477 g/mol. The largest absolute Gasteiger partial charge is 0.379 e. The zero-order valence-corrected chi connectivity index (χ0v) is 20.1. The Hall–Kier alpha value is -1.94. The van der Waals surface area contributed by atoms with Crippen LogP contribution in [0.4, 0.5) is 5.69 Å². The van der Waals surface area contributed by atoms with Crippen LogP contribution in [0.1, 0.15) is 47.3 Å². The average Bonchev–Trinajstić information content (AvgIpc) is 3.31. The molecule has 1 saturated heterocycles. The van der Waals surface area contributed by atoms with Gasteiger partial charge in [0.25, 0.3) is 15.9 Å². The summed E-state index contributed by atoms with van der Waals surface area (Å²) in [5.41, 5.74) is 1.44. The normalized spacial score (nSPS) is 19.4. The van der Waals surface area contributed by atoms with E-state index in [0.717, 1.165) is 55.7 Å². The van der Waals surface area contributed by atoms with E-state index in [1.165, 1.54) is 12.5 Å². The third kappa shape index (κ3) is 5.17. The Bertz CT molecular complexity index is 1020. The van der Waals surface area contributed by atoms with E-state index in [0.29, 0.717) is 25.4 Å². The summed E-state index contributed by atoms with van der Waals surface area (Å²) in [7, 11) is -3.86. The molecule has 2 N–H and O–H groups in total. The lowest BCUT2D eigenvalue weighted by atomic mass is 9.79. The van der Waals surface area contributed by atoms with Crippen LogP contribution in [-0.2, 0) is 14.8 Å². The standard InChI is InChI=1S/C23H31N3O4S2/c1-18-5-7-19(8-6-18)25-32(28,29)20-9-16-31-21(20)22(27)24-17-23(10-3-2-4-11-23)26-12-14-30-15-13-26/h5-9,16,25H,2-4,10-15,17H2,1H3,(H,24,27). The number of rotatable bonds is 7. The lowest BCUT2D eigenvalue weighted by molar-refractivity contribution is -0.0361. The maximum absolute atomic E-state index is 13.1. The highest BCUT2D eigenvalue weighted by Crippen LogP contribution is 2.34. The van der Waals surface area contributed by atoms with Crippen LogP contribution in [0.25, 0.3) is 0 Å². The van der Waals surface area contributed by atoms with Crippen LogP contribution in [0.2, 0.25) is 0 Å².